The molecule has 0 unspecified atom stereocenters. The smallest absolute Gasteiger partial charge is 0.328 e. The molecule has 9 nitrogen and oxygen atoms in total. The number of methoxy groups -OCH3 is 1. The molecule has 2 aromatic heterocycles. The number of hydrogen-bond donors (Lipinski definition) is 1. The van der Waals surface area contributed by atoms with Crippen LogP contribution in [0.1, 0.15) is 16.8 Å². The van der Waals surface area contributed by atoms with Crippen LogP contribution in [0.5, 0.6) is 0 Å². The number of rotatable bonds is 6. The lowest BCUT2D eigenvalue weighted by Gasteiger charge is -2.32. The van der Waals surface area contributed by atoms with Crippen molar-refractivity contribution >= 4 is 17.2 Å². The zero-order valence-electron chi connectivity index (χ0n) is 17.3. The zero-order valence-corrected chi connectivity index (χ0v) is 17.3. The number of nitrogens with one attached hydrogen (secondary N) is 1. The van der Waals surface area contributed by atoms with E-state index < -0.39 is 0 Å². The summed E-state index contributed by atoms with van der Waals surface area (Å²) in [6.45, 7) is 4.36. The average molecular weight is 410 g/mol. The molecule has 0 aliphatic carbocycles. The number of benzene rings is 1. The molecule has 3 heterocycles. The first-order chi connectivity index (χ1) is 14.6. The number of piperazine rings is 1. The summed E-state index contributed by atoms with van der Waals surface area (Å²) in [6.07, 6.45) is 2.37. The normalized spacial score (nSPS) is 15.1. The Bertz CT molecular complexity index is 1080. The summed E-state index contributed by atoms with van der Waals surface area (Å²) in [7, 11) is 3.70. The van der Waals surface area contributed by atoms with Crippen LogP contribution in [0.2, 0.25) is 0 Å². The quantitative estimate of drug-likeness (QED) is 0.614. The highest BCUT2D eigenvalue weighted by atomic mass is 16.5. The maximum absolute atomic E-state index is 12.7. The van der Waals surface area contributed by atoms with Crippen molar-refractivity contribution in [2.24, 2.45) is 0 Å². The number of hydrogen-bond acceptors (Lipinski definition) is 6. The van der Waals surface area contributed by atoms with Crippen LogP contribution in [0.25, 0.3) is 22.6 Å². The van der Waals surface area contributed by atoms with E-state index >= 15 is 0 Å². The Morgan fingerprint density at radius 1 is 1.17 bits per heavy atom. The maximum atomic E-state index is 12.7. The minimum Gasteiger partial charge on any atom is -0.385 e. The van der Waals surface area contributed by atoms with Crippen molar-refractivity contribution in [1.29, 1.82) is 0 Å². The molecule has 158 valence electrons. The van der Waals surface area contributed by atoms with Crippen LogP contribution in [-0.2, 0) is 11.3 Å². The number of fused-ring (bicyclic) bond motifs is 1. The van der Waals surface area contributed by atoms with Crippen molar-refractivity contribution in [2.75, 3.05) is 46.9 Å². The Hall–Kier alpha value is -3.04. The molecule has 1 aliphatic rings. The van der Waals surface area contributed by atoms with Gasteiger partial charge in [0.05, 0.1) is 11.9 Å². The lowest BCUT2D eigenvalue weighted by Crippen LogP contribution is -2.47. The fourth-order valence-corrected chi connectivity index (χ4v) is 3.62. The van der Waals surface area contributed by atoms with E-state index in [0.717, 1.165) is 38.2 Å². The number of aromatic amines is 1. The van der Waals surface area contributed by atoms with Crippen LogP contribution >= 0.6 is 0 Å². The summed E-state index contributed by atoms with van der Waals surface area (Å²) in [5.74, 6) is 0.0497. The molecule has 0 atom stereocenters. The number of likely N-dealkylation sites (N-methyl/N-ethyl adjacent to an activating group) is 1. The Morgan fingerprint density at radius 3 is 2.60 bits per heavy atom. The van der Waals surface area contributed by atoms with Gasteiger partial charge in [-0.05, 0) is 25.6 Å². The molecular weight excluding hydrogens is 384 g/mol. The molecule has 4 rings (SSSR count). The molecule has 0 radical (unpaired) electrons. The molecule has 1 fully saturated rings. The van der Waals surface area contributed by atoms with Crippen LogP contribution in [0, 0.1) is 0 Å². The standard InChI is InChI=1S/C21H26N6O3/c1-25-9-11-26(12-10-25)20(28)16-6-4-15(5-7-16)17-14-22-19-18(23-17)24-21(29)27(19)8-3-13-30-2/h4-7,14H,3,8-13H2,1-2H3,(H,23,24,29). The van der Waals surface area contributed by atoms with Gasteiger partial charge in [-0.3, -0.25) is 14.3 Å². The third-order valence-electron chi connectivity index (χ3n) is 5.43. The van der Waals surface area contributed by atoms with Crippen molar-refractivity contribution in [2.45, 2.75) is 13.0 Å². The molecule has 1 aliphatic heterocycles. The number of aryl methyl sites for hydroxylation is 1. The largest absolute Gasteiger partial charge is 0.385 e. The van der Waals surface area contributed by atoms with Gasteiger partial charge in [-0.25, -0.2) is 14.8 Å². The SMILES string of the molecule is COCCCn1c(=O)[nH]c2nc(-c3ccc(C(=O)N4CCN(C)CC4)cc3)cnc21. The second-order valence-corrected chi connectivity index (χ2v) is 7.53. The van der Waals surface area contributed by atoms with E-state index in [1.807, 2.05) is 29.2 Å². The Labute approximate surface area is 174 Å². The summed E-state index contributed by atoms with van der Waals surface area (Å²) in [5.41, 5.74) is 2.90. The molecule has 30 heavy (non-hydrogen) atoms. The van der Waals surface area contributed by atoms with Gasteiger partial charge in [0.25, 0.3) is 5.91 Å². The first-order valence-electron chi connectivity index (χ1n) is 10.1. The molecular formula is C21H26N6O3. The molecule has 0 bridgehead atoms. The number of amides is 1. The molecule has 9 heteroatoms. The minimum atomic E-state index is -0.230. The highest BCUT2D eigenvalue weighted by Gasteiger charge is 2.20. The molecule has 1 aromatic carbocycles. The molecule has 0 saturated carbocycles. The Morgan fingerprint density at radius 2 is 1.90 bits per heavy atom. The van der Waals surface area contributed by atoms with Gasteiger partial charge in [-0.2, -0.15) is 0 Å². The maximum Gasteiger partial charge on any atom is 0.328 e. The number of nitrogens with zero attached hydrogens (tertiary/aromatic N) is 5. The van der Waals surface area contributed by atoms with Crippen molar-refractivity contribution in [1.82, 2.24) is 29.3 Å². The second-order valence-electron chi connectivity index (χ2n) is 7.53. The van der Waals surface area contributed by atoms with Crippen LogP contribution < -0.4 is 5.69 Å². The monoisotopic (exact) mass is 410 g/mol. The van der Waals surface area contributed by atoms with Gasteiger partial charge < -0.3 is 14.5 Å². The number of ether oxygens (including phenoxy) is 1. The van der Waals surface area contributed by atoms with Crippen molar-refractivity contribution in [3.63, 3.8) is 0 Å². The molecule has 1 amide bonds. The summed E-state index contributed by atoms with van der Waals surface area (Å²) in [4.78, 5) is 40.8. The predicted molar refractivity (Wildman–Crippen MR) is 113 cm³/mol. The molecule has 1 N–H and O–H groups in total. The van der Waals surface area contributed by atoms with Crippen LogP contribution in [0.3, 0.4) is 0 Å². The lowest BCUT2D eigenvalue weighted by molar-refractivity contribution is 0.0664. The topological polar surface area (TPSA) is 96.3 Å². The van der Waals surface area contributed by atoms with E-state index in [1.165, 1.54) is 0 Å². The number of carbonyl (C=O) groups is 1. The fraction of sp³-hybridized carbons (Fsp3) is 0.429. The van der Waals surface area contributed by atoms with E-state index in [2.05, 4.69) is 26.9 Å². The van der Waals surface area contributed by atoms with Gasteiger partial charge >= 0.3 is 5.69 Å². The summed E-state index contributed by atoms with van der Waals surface area (Å²) < 4.78 is 6.62. The van der Waals surface area contributed by atoms with Crippen molar-refractivity contribution in [3.05, 3.63) is 46.5 Å². The van der Waals surface area contributed by atoms with E-state index in [4.69, 9.17) is 4.74 Å². The second kappa shape index (κ2) is 8.76. The van der Waals surface area contributed by atoms with Gasteiger partial charge in [0.15, 0.2) is 11.3 Å². The van der Waals surface area contributed by atoms with E-state index in [9.17, 15) is 9.59 Å². The third kappa shape index (κ3) is 4.12. The number of imidazole rings is 1. The van der Waals surface area contributed by atoms with Crippen LogP contribution in [0.15, 0.2) is 35.3 Å². The lowest BCUT2D eigenvalue weighted by atomic mass is 10.1. The Balaban J connectivity index is 1.52. The fourth-order valence-electron chi connectivity index (χ4n) is 3.62. The van der Waals surface area contributed by atoms with Gasteiger partial charge in [-0.15, -0.1) is 0 Å². The van der Waals surface area contributed by atoms with E-state index in [-0.39, 0.29) is 11.6 Å². The number of H-pyrrole nitrogens is 1. The van der Waals surface area contributed by atoms with Gasteiger partial charge in [0.1, 0.15) is 0 Å². The average Bonchev–Trinajstić information content (AvgIpc) is 3.08. The summed E-state index contributed by atoms with van der Waals surface area (Å²) in [5, 5.41) is 0. The highest BCUT2D eigenvalue weighted by Crippen LogP contribution is 2.20. The van der Waals surface area contributed by atoms with Gasteiger partial charge in [0, 0.05) is 57.6 Å². The first-order valence-corrected chi connectivity index (χ1v) is 10.1. The van der Waals surface area contributed by atoms with Gasteiger partial charge in [-0.1, -0.05) is 12.1 Å². The summed E-state index contributed by atoms with van der Waals surface area (Å²) in [6, 6.07) is 7.38. The van der Waals surface area contributed by atoms with Crippen LogP contribution in [-0.4, -0.2) is 82.2 Å². The molecule has 3 aromatic rings. The molecule has 1 saturated heterocycles. The van der Waals surface area contributed by atoms with Crippen LogP contribution in [0.4, 0.5) is 0 Å². The predicted octanol–water partition coefficient (Wildman–Crippen LogP) is 1.21. The highest BCUT2D eigenvalue weighted by molar-refractivity contribution is 5.94. The van der Waals surface area contributed by atoms with E-state index in [0.29, 0.717) is 35.7 Å². The number of carbonyl (C=O) groups excluding carboxylic acids is 1. The molecule has 0 spiro atoms. The minimum absolute atomic E-state index is 0.0497. The van der Waals surface area contributed by atoms with Gasteiger partial charge in [0.2, 0.25) is 0 Å². The third-order valence-corrected chi connectivity index (χ3v) is 5.43. The first kappa shape index (κ1) is 20.2. The van der Waals surface area contributed by atoms with Crippen molar-refractivity contribution in [3.8, 4) is 11.3 Å². The van der Waals surface area contributed by atoms with E-state index in [1.54, 1.807) is 17.9 Å². The van der Waals surface area contributed by atoms with Crippen molar-refractivity contribution < 1.29 is 9.53 Å². The number of aromatic nitrogens is 4. The summed E-state index contributed by atoms with van der Waals surface area (Å²) >= 11 is 0. The zero-order chi connectivity index (χ0) is 21.1. The Kier molecular flexibility index (Phi) is 5.91.